The fraction of sp³-hybridized carbons (Fsp3) is 0.161. The van der Waals surface area contributed by atoms with Gasteiger partial charge in [0.05, 0.1) is 5.69 Å². The molecule has 4 aromatic rings. The van der Waals surface area contributed by atoms with Crippen molar-refractivity contribution in [2.75, 3.05) is 10.6 Å². The summed E-state index contributed by atoms with van der Waals surface area (Å²) < 4.78 is 0. The molecule has 0 unspecified atom stereocenters. The largest absolute Gasteiger partial charge is 0.871 e. The van der Waals surface area contributed by atoms with E-state index in [0.29, 0.717) is 16.8 Å². The molecule has 3 N–H and O–H groups in total. The van der Waals surface area contributed by atoms with Crippen LogP contribution in [0.2, 0.25) is 0 Å². The zero-order valence-corrected chi connectivity index (χ0v) is 21.3. The van der Waals surface area contributed by atoms with Crippen LogP contribution in [0.15, 0.2) is 84.9 Å². The fourth-order valence-corrected chi connectivity index (χ4v) is 4.12. The molecule has 0 saturated carbocycles. The summed E-state index contributed by atoms with van der Waals surface area (Å²) in [6.07, 6.45) is 0. The Bertz CT molecular complexity index is 1350. The number of anilines is 2. The van der Waals surface area contributed by atoms with Gasteiger partial charge in [0.15, 0.2) is 0 Å². The van der Waals surface area contributed by atoms with E-state index in [-0.39, 0.29) is 29.0 Å². The highest BCUT2D eigenvalue weighted by molar-refractivity contribution is 6.05. The van der Waals surface area contributed by atoms with Crippen LogP contribution in [-0.4, -0.2) is 16.9 Å². The van der Waals surface area contributed by atoms with Crippen molar-refractivity contribution in [1.82, 2.24) is 0 Å². The van der Waals surface area contributed by atoms with E-state index in [9.17, 15) is 19.8 Å². The van der Waals surface area contributed by atoms with E-state index in [2.05, 4.69) is 24.5 Å². The highest BCUT2D eigenvalue weighted by atomic mass is 16.3. The lowest BCUT2D eigenvalue weighted by molar-refractivity contribution is -0.267. The van der Waals surface area contributed by atoms with Crippen LogP contribution in [-0.2, 0) is 5.41 Å². The second-order valence-corrected chi connectivity index (χ2v) is 9.71. The average molecular weight is 494 g/mol. The molecule has 0 aliphatic rings. The molecule has 2 amide bonds. The van der Waals surface area contributed by atoms with E-state index in [4.69, 9.17) is 0 Å². The highest BCUT2D eigenvalue weighted by Gasteiger charge is 2.24. The summed E-state index contributed by atoms with van der Waals surface area (Å²) in [4.78, 5) is 25.4. The van der Waals surface area contributed by atoms with E-state index >= 15 is 0 Å². The minimum Gasteiger partial charge on any atom is -0.871 e. The third-order valence-electron chi connectivity index (χ3n) is 6.52. The average Bonchev–Trinajstić information content (AvgIpc) is 2.88. The van der Waals surface area contributed by atoms with Gasteiger partial charge in [-0.3, -0.25) is 9.59 Å². The van der Waals surface area contributed by atoms with E-state index < -0.39 is 5.41 Å². The number of rotatable bonds is 6. The molecule has 0 radical (unpaired) electrons. The third-order valence-corrected chi connectivity index (χ3v) is 6.52. The molecule has 6 nitrogen and oxygen atoms in total. The van der Waals surface area contributed by atoms with Crippen molar-refractivity contribution in [1.29, 1.82) is 0 Å². The van der Waals surface area contributed by atoms with Crippen LogP contribution in [0.3, 0.4) is 0 Å². The summed E-state index contributed by atoms with van der Waals surface area (Å²) in [6.45, 7) is 7.88. The van der Waals surface area contributed by atoms with Crippen LogP contribution < -0.4 is 15.7 Å². The van der Waals surface area contributed by atoms with Crippen LogP contribution in [0.1, 0.15) is 56.8 Å². The van der Waals surface area contributed by atoms with Gasteiger partial charge in [-0.05, 0) is 78.6 Å². The summed E-state index contributed by atoms with van der Waals surface area (Å²) in [5.74, 6) is -0.872. The quantitative estimate of drug-likeness (QED) is 0.291. The van der Waals surface area contributed by atoms with E-state index in [1.807, 2.05) is 38.1 Å². The topological polar surface area (TPSA) is 101 Å². The summed E-state index contributed by atoms with van der Waals surface area (Å²) in [5, 5.41) is 27.5. The van der Waals surface area contributed by atoms with Gasteiger partial charge in [-0.25, -0.2) is 0 Å². The molecular weight excluding hydrogens is 464 g/mol. The molecule has 0 heterocycles. The van der Waals surface area contributed by atoms with Crippen molar-refractivity contribution in [3.63, 3.8) is 0 Å². The number of phenols is 1. The first-order valence-electron chi connectivity index (χ1n) is 12.0. The molecule has 0 aromatic heterocycles. The lowest BCUT2D eigenvalue weighted by Gasteiger charge is -2.26. The summed E-state index contributed by atoms with van der Waals surface area (Å²) in [7, 11) is 0. The number of carbonyl (C=O) groups is 2. The first-order chi connectivity index (χ1) is 17.5. The van der Waals surface area contributed by atoms with Crippen molar-refractivity contribution in [3.8, 4) is 11.5 Å². The van der Waals surface area contributed by atoms with Crippen molar-refractivity contribution in [3.05, 3.63) is 118 Å². The standard InChI is InChI=1S/C31H30N2O4/c1-19-5-15-27(34)25(17-19)32-29(36)21-7-11-23(12-8-21)31(3,4)24-13-9-22(10-14-24)30(37)33-26-18-20(2)6-16-28(26)35/h5-18,34-35H,1-4H3,(H,32,36)(H,33,37)/p-1. The number of carbonyl (C=O) groups excluding carboxylic acids is 2. The number of hydrogen-bond donors (Lipinski definition) is 3. The lowest BCUT2D eigenvalue weighted by Crippen LogP contribution is -2.20. The van der Waals surface area contributed by atoms with Crippen LogP contribution >= 0.6 is 0 Å². The Kier molecular flexibility index (Phi) is 7.02. The van der Waals surface area contributed by atoms with Gasteiger partial charge in [-0.15, -0.1) is 0 Å². The highest BCUT2D eigenvalue weighted by Crippen LogP contribution is 2.32. The van der Waals surface area contributed by atoms with Crippen molar-refractivity contribution < 1.29 is 19.8 Å². The number of hydrogen-bond acceptors (Lipinski definition) is 4. The predicted octanol–water partition coefficient (Wildman–Crippen LogP) is 5.91. The third kappa shape index (κ3) is 5.64. The molecule has 0 atom stereocenters. The zero-order chi connectivity index (χ0) is 26.7. The SMILES string of the molecule is Cc1ccc([O-])c(NC(=O)c2ccc(C(C)(C)c3ccc(C(=O)Nc4cc(C)ccc4O)cc3)cc2)c1. The van der Waals surface area contributed by atoms with Crippen molar-refractivity contribution >= 4 is 23.2 Å². The Morgan fingerprint density at radius 1 is 0.676 bits per heavy atom. The first-order valence-corrected chi connectivity index (χ1v) is 12.0. The molecule has 4 aromatic carbocycles. The Morgan fingerprint density at radius 2 is 1.11 bits per heavy atom. The monoisotopic (exact) mass is 493 g/mol. The molecule has 6 heteroatoms. The minimum absolute atomic E-state index is 0.0150. The number of amides is 2. The normalized spacial score (nSPS) is 11.1. The maximum Gasteiger partial charge on any atom is 0.255 e. The molecule has 0 spiro atoms. The van der Waals surface area contributed by atoms with Gasteiger partial charge < -0.3 is 20.8 Å². The van der Waals surface area contributed by atoms with Crippen LogP contribution in [0.5, 0.6) is 11.5 Å². The van der Waals surface area contributed by atoms with Crippen LogP contribution in [0, 0.1) is 13.8 Å². The van der Waals surface area contributed by atoms with Gasteiger partial charge >= 0.3 is 0 Å². The van der Waals surface area contributed by atoms with Gasteiger partial charge in [0, 0.05) is 22.2 Å². The summed E-state index contributed by atoms with van der Waals surface area (Å²) in [5.41, 5.74) is 4.97. The molecule has 37 heavy (non-hydrogen) atoms. The predicted molar refractivity (Wildman–Crippen MR) is 144 cm³/mol. The molecule has 188 valence electrons. The maximum absolute atomic E-state index is 12.7. The minimum atomic E-state index is -0.391. The van der Waals surface area contributed by atoms with E-state index in [1.165, 1.54) is 6.07 Å². The molecule has 0 fully saturated rings. The second-order valence-electron chi connectivity index (χ2n) is 9.71. The number of aromatic hydroxyl groups is 1. The van der Waals surface area contributed by atoms with E-state index in [0.717, 1.165) is 22.3 Å². The number of benzene rings is 4. The van der Waals surface area contributed by atoms with Gasteiger partial charge in [0.25, 0.3) is 11.8 Å². The fourth-order valence-electron chi connectivity index (χ4n) is 4.12. The van der Waals surface area contributed by atoms with Gasteiger partial charge in [-0.1, -0.05) is 62.1 Å². The number of phenolic OH excluding ortho intramolecular Hbond substituents is 1. The first kappa shape index (κ1) is 25.5. The van der Waals surface area contributed by atoms with Gasteiger partial charge in [0.2, 0.25) is 0 Å². The molecule has 4 rings (SSSR count). The Morgan fingerprint density at radius 3 is 1.62 bits per heavy atom. The molecular formula is C31H29N2O4-. The lowest BCUT2D eigenvalue weighted by atomic mass is 9.77. The van der Waals surface area contributed by atoms with Crippen LogP contribution in [0.25, 0.3) is 0 Å². The maximum atomic E-state index is 12.7. The van der Waals surface area contributed by atoms with E-state index in [1.54, 1.807) is 54.6 Å². The summed E-state index contributed by atoms with van der Waals surface area (Å²) in [6, 6.07) is 24.4. The number of aryl methyl sites for hydroxylation is 2. The Balaban J connectivity index is 1.47. The zero-order valence-electron chi connectivity index (χ0n) is 21.3. The Hall–Kier alpha value is -4.58. The van der Waals surface area contributed by atoms with Crippen molar-refractivity contribution in [2.45, 2.75) is 33.1 Å². The van der Waals surface area contributed by atoms with Gasteiger partial charge in [0.1, 0.15) is 5.75 Å². The van der Waals surface area contributed by atoms with Crippen molar-refractivity contribution in [2.24, 2.45) is 0 Å². The molecule has 0 aliphatic carbocycles. The van der Waals surface area contributed by atoms with Gasteiger partial charge in [-0.2, -0.15) is 0 Å². The summed E-state index contributed by atoms with van der Waals surface area (Å²) >= 11 is 0. The number of nitrogens with one attached hydrogen (secondary N) is 2. The second kappa shape index (κ2) is 10.2. The molecule has 0 bridgehead atoms. The molecule has 0 aliphatic heterocycles. The Labute approximate surface area is 216 Å². The molecule has 0 saturated heterocycles. The smallest absolute Gasteiger partial charge is 0.255 e. The van der Waals surface area contributed by atoms with Crippen LogP contribution in [0.4, 0.5) is 11.4 Å².